The number of nitrogens with zero attached hydrogens (tertiary/aromatic N) is 1. The fourth-order valence-corrected chi connectivity index (χ4v) is 1.34. The largest absolute Gasteiger partial charge is 0.391 e. The van der Waals surface area contributed by atoms with E-state index in [4.69, 9.17) is 10.8 Å². The Hall–Kier alpha value is -0.450. The maximum atomic E-state index is 9.03. The molecule has 3 nitrogen and oxygen atoms in total. The highest BCUT2D eigenvalue weighted by Crippen LogP contribution is 2.15. The Morgan fingerprint density at radius 3 is 2.90 bits per heavy atom. The summed E-state index contributed by atoms with van der Waals surface area (Å²) < 4.78 is 0. The quantitative estimate of drug-likeness (QED) is 0.659. The van der Waals surface area contributed by atoms with Crippen molar-refractivity contribution in [1.82, 2.24) is 4.98 Å². The molecule has 1 aromatic heterocycles. The van der Waals surface area contributed by atoms with E-state index in [1.165, 1.54) is 11.3 Å². The molecule has 0 aliphatic rings. The molecule has 2 atom stereocenters. The van der Waals surface area contributed by atoms with Crippen LogP contribution in [0.1, 0.15) is 18.0 Å². The molecule has 1 heterocycles. The molecule has 0 bridgehead atoms. The minimum Gasteiger partial charge on any atom is -0.391 e. The molecule has 4 heteroatoms. The summed E-state index contributed by atoms with van der Waals surface area (Å²) in [5.74, 6) is 0. The standard InChI is InChI=1S/C6H10N2OS/c1-4(9)5(7)6-8-2-3-10-6/h2-5,9H,7H2,1H3/t4-,5-/m1/s1. The van der Waals surface area contributed by atoms with Crippen LogP contribution in [0.4, 0.5) is 0 Å². The van der Waals surface area contributed by atoms with E-state index in [2.05, 4.69) is 4.98 Å². The predicted molar refractivity (Wildman–Crippen MR) is 40.7 cm³/mol. The van der Waals surface area contributed by atoms with Crippen molar-refractivity contribution < 1.29 is 5.11 Å². The summed E-state index contributed by atoms with van der Waals surface area (Å²) in [6.45, 7) is 1.66. The Balaban J connectivity index is 2.68. The molecule has 0 aliphatic heterocycles. The molecular weight excluding hydrogens is 148 g/mol. The number of rotatable bonds is 2. The van der Waals surface area contributed by atoms with Crippen molar-refractivity contribution in [3.05, 3.63) is 16.6 Å². The molecule has 0 aliphatic carbocycles. The fraction of sp³-hybridized carbons (Fsp3) is 0.500. The van der Waals surface area contributed by atoms with Gasteiger partial charge in [-0.25, -0.2) is 4.98 Å². The van der Waals surface area contributed by atoms with Crippen LogP contribution in [-0.2, 0) is 0 Å². The number of nitrogens with two attached hydrogens (primary N) is 1. The highest BCUT2D eigenvalue weighted by Gasteiger charge is 2.13. The van der Waals surface area contributed by atoms with Gasteiger partial charge in [0.1, 0.15) is 5.01 Å². The third kappa shape index (κ3) is 1.53. The Labute approximate surface area is 63.5 Å². The van der Waals surface area contributed by atoms with E-state index in [9.17, 15) is 0 Å². The monoisotopic (exact) mass is 158 g/mol. The number of hydrogen-bond donors (Lipinski definition) is 2. The second kappa shape index (κ2) is 3.09. The second-order valence-electron chi connectivity index (χ2n) is 2.14. The Morgan fingerprint density at radius 2 is 2.50 bits per heavy atom. The van der Waals surface area contributed by atoms with Gasteiger partial charge in [-0.05, 0) is 6.92 Å². The van der Waals surface area contributed by atoms with Crippen molar-refractivity contribution in [2.45, 2.75) is 19.1 Å². The van der Waals surface area contributed by atoms with Crippen LogP contribution in [0.2, 0.25) is 0 Å². The first-order chi connectivity index (χ1) is 4.72. The van der Waals surface area contributed by atoms with Gasteiger partial charge < -0.3 is 10.8 Å². The van der Waals surface area contributed by atoms with E-state index in [0.29, 0.717) is 0 Å². The number of thiazole rings is 1. The zero-order valence-electron chi connectivity index (χ0n) is 5.69. The topological polar surface area (TPSA) is 59.1 Å². The van der Waals surface area contributed by atoms with Gasteiger partial charge in [0.05, 0.1) is 12.1 Å². The van der Waals surface area contributed by atoms with E-state index in [0.717, 1.165) is 5.01 Å². The van der Waals surface area contributed by atoms with E-state index in [1.54, 1.807) is 13.1 Å². The zero-order valence-corrected chi connectivity index (χ0v) is 6.51. The van der Waals surface area contributed by atoms with Gasteiger partial charge in [-0.1, -0.05) is 0 Å². The van der Waals surface area contributed by atoms with Crippen molar-refractivity contribution in [1.29, 1.82) is 0 Å². The van der Waals surface area contributed by atoms with Crippen LogP contribution in [0, 0.1) is 0 Å². The Kier molecular flexibility index (Phi) is 2.37. The van der Waals surface area contributed by atoms with Gasteiger partial charge >= 0.3 is 0 Å². The fourth-order valence-electron chi connectivity index (χ4n) is 0.605. The highest BCUT2D eigenvalue weighted by molar-refractivity contribution is 7.09. The first kappa shape index (κ1) is 7.65. The van der Waals surface area contributed by atoms with Crippen molar-refractivity contribution in [2.75, 3.05) is 0 Å². The average Bonchev–Trinajstić information content (AvgIpc) is 2.36. The molecule has 3 N–H and O–H groups in total. The Morgan fingerprint density at radius 1 is 1.80 bits per heavy atom. The molecule has 0 saturated heterocycles. The van der Waals surface area contributed by atoms with Crippen LogP contribution >= 0.6 is 11.3 Å². The van der Waals surface area contributed by atoms with E-state index >= 15 is 0 Å². The molecule has 56 valence electrons. The summed E-state index contributed by atoms with van der Waals surface area (Å²) in [5, 5.41) is 11.7. The molecule has 10 heavy (non-hydrogen) atoms. The summed E-state index contributed by atoms with van der Waals surface area (Å²) in [6, 6.07) is -0.333. The van der Waals surface area contributed by atoms with Crippen LogP contribution in [0.5, 0.6) is 0 Å². The van der Waals surface area contributed by atoms with Crippen LogP contribution in [0.15, 0.2) is 11.6 Å². The number of hydrogen-bond acceptors (Lipinski definition) is 4. The van der Waals surface area contributed by atoms with Crippen LogP contribution in [-0.4, -0.2) is 16.2 Å². The van der Waals surface area contributed by atoms with Crippen LogP contribution < -0.4 is 5.73 Å². The molecule has 0 saturated carbocycles. The third-order valence-electron chi connectivity index (χ3n) is 1.26. The predicted octanol–water partition coefficient (Wildman–Crippen LogP) is 0.524. The second-order valence-corrected chi connectivity index (χ2v) is 3.06. The lowest BCUT2D eigenvalue weighted by atomic mass is 10.2. The minimum absolute atomic E-state index is 0.333. The van der Waals surface area contributed by atoms with Gasteiger partial charge in [0.25, 0.3) is 0 Å². The van der Waals surface area contributed by atoms with Crippen molar-refractivity contribution in [2.24, 2.45) is 5.73 Å². The third-order valence-corrected chi connectivity index (χ3v) is 2.13. The minimum atomic E-state index is -0.522. The maximum Gasteiger partial charge on any atom is 0.112 e. The maximum absolute atomic E-state index is 9.03. The van der Waals surface area contributed by atoms with Crippen molar-refractivity contribution in [3.63, 3.8) is 0 Å². The van der Waals surface area contributed by atoms with E-state index < -0.39 is 6.10 Å². The molecule has 0 radical (unpaired) electrons. The lowest BCUT2D eigenvalue weighted by Crippen LogP contribution is -2.22. The van der Waals surface area contributed by atoms with Gasteiger partial charge in [-0.2, -0.15) is 0 Å². The number of aromatic nitrogens is 1. The van der Waals surface area contributed by atoms with Gasteiger partial charge in [-0.3, -0.25) is 0 Å². The smallest absolute Gasteiger partial charge is 0.112 e. The SMILES string of the molecule is C[C@@H](O)[C@@H](N)c1nccs1. The summed E-state index contributed by atoms with van der Waals surface area (Å²) in [6.07, 6.45) is 1.16. The molecule has 0 amide bonds. The summed E-state index contributed by atoms with van der Waals surface area (Å²) >= 11 is 1.46. The molecular formula is C6H10N2OS. The first-order valence-electron chi connectivity index (χ1n) is 3.05. The van der Waals surface area contributed by atoms with Crippen molar-refractivity contribution in [3.8, 4) is 0 Å². The van der Waals surface area contributed by atoms with Crippen LogP contribution in [0.3, 0.4) is 0 Å². The number of aliphatic hydroxyl groups is 1. The van der Waals surface area contributed by atoms with Crippen LogP contribution in [0.25, 0.3) is 0 Å². The summed E-state index contributed by atoms with van der Waals surface area (Å²) in [7, 11) is 0. The van der Waals surface area contributed by atoms with Gasteiger partial charge in [0, 0.05) is 11.6 Å². The lowest BCUT2D eigenvalue weighted by Gasteiger charge is -2.10. The van der Waals surface area contributed by atoms with Gasteiger partial charge in [-0.15, -0.1) is 11.3 Å². The first-order valence-corrected chi connectivity index (χ1v) is 3.93. The van der Waals surface area contributed by atoms with E-state index in [-0.39, 0.29) is 6.04 Å². The molecule has 0 spiro atoms. The molecule has 1 rings (SSSR count). The summed E-state index contributed by atoms with van der Waals surface area (Å²) in [4.78, 5) is 3.97. The average molecular weight is 158 g/mol. The van der Waals surface area contributed by atoms with Crippen molar-refractivity contribution >= 4 is 11.3 Å². The lowest BCUT2D eigenvalue weighted by molar-refractivity contribution is 0.164. The van der Waals surface area contributed by atoms with E-state index in [1.807, 2.05) is 5.38 Å². The van der Waals surface area contributed by atoms with Gasteiger partial charge in [0.15, 0.2) is 0 Å². The summed E-state index contributed by atoms with van der Waals surface area (Å²) in [5.41, 5.74) is 5.58. The molecule has 0 fully saturated rings. The highest BCUT2D eigenvalue weighted by atomic mass is 32.1. The molecule has 0 unspecified atom stereocenters. The normalized spacial score (nSPS) is 16.7. The molecule has 1 aromatic rings. The number of aliphatic hydroxyl groups excluding tert-OH is 1. The molecule has 0 aromatic carbocycles. The Bertz CT molecular complexity index is 186. The van der Waals surface area contributed by atoms with Gasteiger partial charge in [0.2, 0.25) is 0 Å². The zero-order chi connectivity index (χ0) is 7.56.